The lowest BCUT2D eigenvalue weighted by molar-refractivity contribution is 0.103. The van der Waals surface area contributed by atoms with E-state index in [1.54, 1.807) is 29.6 Å². The van der Waals surface area contributed by atoms with Crippen molar-refractivity contribution in [1.82, 2.24) is 0 Å². The van der Waals surface area contributed by atoms with Gasteiger partial charge in [-0.25, -0.2) is 0 Å². The summed E-state index contributed by atoms with van der Waals surface area (Å²) in [6, 6.07) is 6.80. The normalized spacial score (nSPS) is 9.67. The van der Waals surface area contributed by atoms with Crippen LogP contribution < -0.4 is 10.1 Å². The van der Waals surface area contributed by atoms with Crippen molar-refractivity contribution in [2.24, 2.45) is 0 Å². The first-order valence-electron chi connectivity index (χ1n) is 5.98. The zero-order valence-corrected chi connectivity index (χ0v) is 12.7. The molecule has 0 saturated heterocycles. The molecule has 6 heteroatoms. The second-order valence-electron chi connectivity index (χ2n) is 3.93. The molecular weight excluding hydrogens is 310 g/mol. The first-order valence-corrected chi connectivity index (χ1v) is 7.23. The molecule has 1 aromatic heterocycles. The fourth-order valence-corrected chi connectivity index (χ4v) is 2.70. The number of methoxy groups -OCH3 is 1. The number of thiophene rings is 1. The number of amides is 1. The molecule has 0 fully saturated rings. The van der Waals surface area contributed by atoms with E-state index in [9.17, 15) is 4.79 Å². The molecule has 0 aliphatic carbocycles. The molecule has 0 unspecified atom stereocenters. The van der Waals surface area contributed by atoms with Crippen LogP contribution in [0.4, 0.5) is 5.69 Å². The largest absolute Gasteiger partial charge is 0.495 e. The number of anilines is 1. The van der Waals surface area contributed by atoms with E-state index < -0.39 is 0 Å². The molecule has 0 bridgehead atoms. The molecule has 0 aliphatic rings. The van der Waals surface area contributed by atoms with E-state index >= 15 is 0 Å². The number of aliphatic hydroxyl groups is 1. The molecule has 1 heterocycles. The van der Waals surface area contributed by atoms with Gasteiger partial charge < -0.3 is 15.2 Å². The molecule has 0 saturated carbocycles. The van der Waals surface area contributed by atoms with Crippen LogP contribution in [0, 0.1) is 11.8 Å². The van der Waals surface area contributed by atoms with Gasteiger partial charge in [0.2, 0.25) is 0 Å². The van der Waals surface area contributed by atoms with Gasteiger partial charge in [-0.15, -0.1) is 11.3 Å². The zero-order valence-electron chi connectivity index (χ0n) is 11.1. The molecule has 108 valence electrons. The third kappa shape index (κ3) is 3.76. The van der Waals surface area contributed by atoms with Crippen LogP contribution >= 0.6 is 22.9 Å². The van der Waals surface area contributed by atoms with E-state index in [2.05, 4.69) is 17.2 Å². The highest BCUT2D eigenvalue weighted by Crippen LogP contribution is 2.28. The van der Waals surface area contributed by atoms with Crippen molar-refractivity contribution < 1.29 is 14.6 Å². The van der Waals surface area contributed by atoms with Gasteiger partial charge in [0.05, 0.1) is 17.8 Å². The molecule has 0 spiro atoms. The summed E-state index contributed by atoms with van der Waals surface area (Å²) in [6.45, 7) is -0.224. The second kappa shape index (κ2) is 7.14. The van der Waals surface area contributed by atoms with Gasteiger partial charge in [0.15, 0.2) is 0 Å². The van der Waals surface area contributed by atoms with Crippen LogP contribution in [-0.2, 0) is 0 Å². The fraction of sp³-hybridized carbons (Fsp3) is 0.133. The van der Waals surface area contributed by atoms with E-state index in [-0.39, 0.29) is 12.5 Å². The second-order valence-corrected chi connectivity index (χ2v) is 5.25. The molecule has 2 aromatic rings. The summed E-state index contributed by atoms with van der Waals surface area (Å²) < 4.78 is 5.21. The average Bonchev–Trinajstić information content (AvgIpc) is 2.91. The van der Waals surface area contributed by atoms with E-state index in [1.165, 1.54) is 18.4 Å². The Balaban J connectivity index is 2.29. The zero-order chi connectivity index (χ0) is 15.2. The summed E-state index contributed by atoms with van der Waals surface area (Å²) in [5.41, 5.74) is 1.16. The lowest BCUT2D eigenvalue weighted by Gasteiger charge is -2.10. The van der Waals surface area contributed by atoms with Gasteiger partial charge in [-0.05, 0) is 29.6 Å². The van der Waals surface area contributed by atoms with Crippen LogP contribution in [0.3, 0.4) is 0 Å². The Kier molecular flexibility index (Phi) is 5.23. The molecule has 1 aromatic carbocycles. The van der Waals surface area contributed by atoms with Crippen molar-refractivity contribution in [3.05, 3.63) is 45.1 Å². The summed E-state index contributed by atoms with van der Waals surface area (Å²) in [5, 5.41) is 13.6. The molecule has 2 N–H and O–H groups in total. The molecule has 0 atom stereocenters. The van der Waals surface area contributed by atoms with Crippen molar-refractivity contribution in [2.75, 3.05) is 19.0 Å². The Morgan fingerprint density at radius 1 is 1.48 bits per heavy atom. The van der Waals surface area contributed by atoms with Crippen molar-refractivity contribution >= 4 is 34.5 Å². The van der Waals surface area contributed by atoms with Crippen LogP contribution in [0.2, 0.25) is 5.02 Å². The number of hydrogen-bond acceptors (Lipinski definition) is 4. The van der Waals surface area contributed by atoms with Gasteiger partial charge in [0, 0.05) is 5.56 Å². The van der Waals surface area contributed by atoms with Crippen molar-refractivity contribution in [1.29, 1.82) is 0 Å². The number of aliphatic hydroxyl groups excluding tert-OH is 1. The Morgan fingerprint density at radius 2 is 2.29 bits per heavy atom. The van der Waals surface area contributed by atoms with E-state index in [1.807, 2.05) is 0 Å². The first-order chi connectivity index (χ1) is 10.2. The summed E-state index contributed by atoms with van der Waals surface area (Å²) >= 11 is 7.21. The van der Waals surface area contributed by atoms with Gasteiger partial charge in [-0.3, -0.25) is 4.79 Å². The van der Waals surface area contributed by atoms with Gasteiger partial charge in [0.25, 0.3) is 5.91 Å². The highest BCUT2D eigenvalue weighted by atomic mass is 35.5. The predicted molar refractivity (Wildman–Crippen MR) is 84.2 cm³/mol. The average molecular weight is 322 g/mol. The highest BCUT2D eigenvalue weighted by molar-refractivity contribution is 7.12. The number of rotatable bonds is 3. The Labute approximate surface area is 131 Å². The van der Waals surface area contributed by atoms with Gasteiger partial charge in [-0.2, -0.15) is 0 Å². The topological polar surface area (TPSA) is 58.6 Å². The fourth-order valence-electron chi connectivity index (χ4n) is 1.66. The quantitative estimate of drug-likeness (QED) is 0.854. The molecule has 0 radical (unpaired) electrons. The monoisotopic (exact) mass is 321 g/mol. The molecule has 2 rings (SSSR count). The lowest BCUT2D eigenvalue weighted by atomic mass is 10.2. The standard InChI is InChI=1S/C15H12ClNO3S/c1-20-13-5-4-10(3-2-7-18)9-12(13)17-15(19)14-11(16)6-8-21-14/h4-6,8-9,18H,7H2,1H3,(H,17,19). The lowest BCUT2D eigenvalue weighted by Crippen LogP contribution is -2.11. The molecule has 4 nitrogen and oxygen atoms in total. The number of halogens is 1. The van der Waals surface area contributed by atoms with Crippen molar-refractivity contribution in [2.45, 2.75) is 0 Å². The molecule has 21 heavy (non-hydrogen) atoms. The van der Waals surface area contributed by atoms with Crippen LogP contribution in [0.5, 0.6) is 5.75 Å². The maximum atomic E-state index is 12.2. The Morgan fingerprint density at radius 3 is 2.90 bits per heavy atom. The SMILES string of the molecule is COc1ccc(C#CCO)cc1NC(=O)c1sccc1Cl. The minimum atomic E-state index is -0.305. The molecule has 0 aliphatic heterocycles. The van der Waals surface area contributed by atoms with E-state index in [4.69, 9.17) is 21.4 Å². The Hall–Kier alpha value is -2.00. The van der Waals surface area contributed by atoms with E-state index in [0.29, 0.717) is 26.9 Å². The summed E-state index contributed by atoms with van der Waals surface area (Å²) in [7, 11) is 1.52. The van der Waals surface area contributed by atoms with Crippen molar-refractivity contribution in [3.8, 4) is 17.6 Å². The minimum absolute atomic E-state index is 0.224. The van der Waals surface area contributed by atoms with E-state index in [0.717, 1.165) is 0 Å². The van der Waals surface area contributed by atoms with Crippen LogP contribution in [-0.4, -0.2) is 24.7 Å². The predicted octanol–water partition coefficient (Wildman–Crippen LogP) is 3.01. The molecule has 1 amide bonds. The third-order valence-electron chi connectivity index (χ3n) is 2.58. The first kappa shape index (κ1) is 15.4. The maximum Gasteiger partial charge on any atom is 0.267 e. The number of carbonyl (C=O) groups excluding carboxylic acids is 1. The molecular formula is C15H12ClNO3S. The number of ether oxygens (including phenoxy) is 1. The van der Waals surface area contributed by atoms with Gasteiger partial charge in [0.1, 0.15) is 17.2 Å². The summed E-state index contributed by atoms with van der Waals surface area (Å²) in [5.74, 6) is 5.54. The van der Waals surface area contributed by atoms with Gasteiger partial charge >= 0.3 is 0 Å². The number of benzene rings is 1. The van der Waals surface area contributed by atoms with Crippen LogP contribution in [0.1, 0.15) is 15.2 Å². The van der Waals surface area contributed by atoms with Gasteiger partial charge in [-0.1, -0.05) is 23.4 Å². The smallest absolute Gasteiger partial charge is 0.267 e. The Bertz CT molecular complexity index is 715. The number of carbonyl (C=O) groups is 1. The minimum Gasteiger partial charge on any atom is -0.495 e. The van der Waals surface area contributed by atoms with Crippen LogP contribution in [0.25, 0.3) is 0 Å². The summed E-state index contributed by atoms with van der Waals surface area (Å²) in [6.07, 6.45) is 0. The number of hydrogen-bond donors (Lipinski definition) is 2. The highest BCUT2D eigenvalue weighted by Gasteiger charge is 2.14. The number of nitrogens with one attached hydrogen (secondary N) is 1. The third-order valence-corrected chi connectivity index (χ3v) is 3.92. The van der Waals surface area contributed by atoms with Crippen molar-refractivity contribution in [3.63, 3.8) is 0 Å². The van der Waals surface area contributed by atoms with Crippen LogP contribution in [0.15, 0.2) is 29.6 Å². The maximum absolute atomic E-state index is 12.2. The summed E-state index contributed by atoms with van der Waals surface area (Å²) in [4.78, 5) is 12.6.